The third-order valence-electron chi connectivity index (χ3n) is 4.27. The van der Waals surface area contributed by atoms with Crippen molar-refractivity contribution in [1.29, 1.82) is 0 Å². The molecule has 1 aromatic heterocycles. The molecule has 1 aliphatic heterocycles. The molecule has 1 saturated heterocycles. The number of hydrogen-bond donors (Lipinski definition) is 1. The van der Waals surface area contributed by atoms with Crippen LogP contribution in [0.1, 0.15) is 48.1 Å². The van der Waals surface area contributed by atoms with E-state index >= 15 is 0 Å². The Balaban J connectivity index is 0.00000225. The van der Waals surface area contributed by atoms with Crippen LogP contribution < -0.4 is 5.73 Å². The van der Waals surface area contributed by atoms with Gasteiger partial charge in [0.15, 0.2) is 5.82 Å². The minimum absolute atomic E-state index is 0. The number of nitrogens with zero attached hydrogens (tertiary/aromatic N) is 3. The van der Waals surface area contributed by atoms with Crippen LogP contribution in [-0.2, 0) is 19.3 Å². The smallest absolute Gasteiger partial charge is 0.338 e. The van der Waals surface area contributed by atoms with Crippen molar-refractivity contribution < 1.29 is 17.7 Å². The normalized spacial score (nSPS) is 18.8. The Morgan fingerprint density at radius 2 is 2.00 bits per heavy atom. The Bertz CT molecular complexity index is 692. The quantitative estimate of drug-likeness (QED) is 0.881. The van der Waals surface area contributed by atoms with Crippen LogP contribution in [0.25, 0.3) is 0 Å². The zero-order valence-electron chi connectivity index (χ0n) is 13.5. The molecule has 1 aromatic carbocycles. The molecule has 0 saturated carbocycles. The van der Waals surface area contributed by atoms with Gasteiger partial charge in [-0.1, -0.05) is 29.8 Å². The van der Waals surface area contributed by atoms with Crippen molar-refractivity contribution in [3.8, 4) is 0 Å². The summed E-state index contributed by atoms with van der Waals surface area (Å²) in [7, 11) is 0. The molecular formula is C16H20ClF3N4O. The molecule has 0 amide bonds. The number of rotatable bonds is 4. The molecule has 1 fully saturated rings. The van der Waals surface area contributed by atoms with Crippen LogP contribution in [0.4, 0.5) is 13.2 Å². The summed E-state index contributed by atoms with van der Waals surface area (Å²) in [6.45, 7) is 1.19. The van der Waals surface area contributed by atoms with Crippen molar-refractivity contribution in [3.05, 3.63) is 47.1 Å². The summed E-state index contributed by atoms with van der Waals surface area (Å²) in [5.74, 6) is 0.779. The van der Waals surface area contributed by atoms with Crippen LogP contribution in [0.3, 0.4) is 0 Å². The summed E-state index contributed by atoms with van der Waals surface area (Å²) in [5.41, 5.74) is 5.19. The molecule has 1 atom stereocenters. The first-order valence-electron chi connectivity index (χ1n) is 7.90. The van der Waals surface area contributed by atoms with Gasteiger partial charge in [0.2, 0.25) is 5.89 Å². The lowest BCUT2D eigenvalue weighted by atomic mass is 9.91. The number of aromatic nitrogens is 2. The second-order valence-electron chi connectivity index (χ2n) is 5.88. The third kappa shape index (κ3) is 4.50. The molecule has 25 heavy (non-hydrogen) atoms. The van der Waals surface area contributed by atoms with Crippen molar-refractivity contribution in [2.24, 2.45) is 5.73 Å². The molecule has 0 bridgehead atoms. The van der Waals surface area contributed by atoms with E-state index in [1.165, 1.54) is 6.07 Å². The third-order valence-corrected chi connectivity index (χ3v) is 4.27. The van der Waals surface area contributed by atoms with Crippen molar-refractivity contribution in [2.45, 2.75) is 44.6 Å². The zero-order chi connectivity index (χ0) is 17.2. The molecule has 1 aliphatic rings. The first-order chi connectivity index (χ1) is 11.5. The first kappa shape index (κ1) is 19.7. The van der Waals surface area contributed by atoms with Gasteiger partial charge in [0.05, 0.1) is 18.7 Å². The highest BCUT2D eigenvalue weighted by molar-refractivity contribution is 5.85. The van der Waals surface area contributed by atoms with Gasteiger partial charge in [-0.2, -0.15) is 18.2 Å². The highest BCUT2D eigenvalue weighted by Crippen LogP contribution is 2.40. The predicted octanol–water partition coefficient (Wildman–Crippen LogP) is 3.70. The molecule has 2 heterocycles. The fourth-order valence-corrected chi connectivity index (χ4v) is 3.20. The van der Waals surface area contributed by atoms with E-state index in [1.807, 2.05) is 4.90 Å². The number of likely N-dealkylation sites (tertiary alicyclic amines) is 1. The Kier molecular flexibility index (Phi) is 6.42. The van der Waals surface area contributed by atoms with Crippen LogP contribution in [0.15, 0.2) is 28.8 Å². The van der Waals surface area contributed by atoms with Gasteiger partial charge in [0, 0.05) is 6.04 Å². The minimum Gasteiger partial charge on any atom is -0.338 e. The molecular weight excluding hydrogens is 357 g/mol. The second-order valence-corrected chi connectivity index (χ2v) is 5.88. The maximum Gasteiger partial charge on any atom is 0.416 e. The van der Waals surface area contributed by atoms with E-state index in [-0.39, 0.29) is 25.0 Å². The number of piperidine rings is 1. The minimum atomic E-state index is -4.36. The SMILES string of the molecule is Cl.NCc1nc(CN2CCCCC2c2ccccc2C(F)(F)F)no1. The first-order valence-corrected chi connectivity index (χ1v) is 7.90. The number of nitrogens with two attached hydrogens (primary N) is 1. The Hall–Kier alpha value is -1.64. The maximum atomic E-state index is 13.3. The Morgan fingerprint density at radius 1 is 1.24 bits per heavy atom. The van der Waals surface area contributed by atoms with Crippen molar-refractivity contribution in [3.63, 3.8) is 0 Å². The van der Waals surface area contributed by atoms with E-state index in [4.69, 9.17) is 10.3 Å². The van der Waals surface area contributed by atoms with Crippen LogP contribution in [0.2, 0.25) is 0 Å². The van der Waals surface area contributed by atoms with Crippen LogP contribution in [-0.4, -0.2) is 21.6 Å². The van der Waals surface area contributed by atoms with E-state index in [1.54, 1.807) is 12.1 Å². The van der Waals surface area contributed by atoms with Crippen LogP contribution in [0.5, 0.6) is 0 Å². The highest BCUT2D eigenvalue weighted by atomic mass is 35.5. The van der Waals surface area contributed by atoms with Crippen LogP contribution in [0, 0.1) is 0 Å². The predicted molar refractivity (Wildman–Crippen MR) is 87.9 cm³/mol. The lowest BCUT2D eigenvalue weighted by Gasteiger charge is -2.36. The fourth-order valence-electron chi connectivity index (χ4n) is 3.20. The number of benzene rings is 1. The van der Waals surface area contributed by atoms with Gasteiger partial charge in [-0.25, -0.2) is 0 Å². The summed E-state index contributed by atoms with van der Waals surface area (Å²) in [6, 6.07) is 5.47. The van der Waals surface area contributed by atoms with Crippen molar-refractivity contribution >= 4 is 12.4 Å². The van der Waals surface area contributed by atoms with Gasteiger partial charge < -0.3 is 10.3 Å². The summed E-state index contributed by atoms with van der Waals surface area (Å²) in [6.07, 6.45) is -1.85. The lowest BCUT2D eigenvalue weighted by Crippen LogP contribution is -2.34. The zero-order valence-corrected chi connectivity index (χ0v) is 14.3. The van der Waals surface area contributed by atoms with Gasteiger partial charge in [-0.15, -0.1) is 12.4 Å². The molecule has 9 heteroatoms. The molecule has 2 aromatic rings. The maximum absolute atomic E-state index is 13.3. The molecule has 0 spiro atoms. The summed E-state index contributed by atoms with van der Waals surface area (Å²) in [5, 5.41) is 3.85. The summed E-state index contributed by atoms with van der Waals surface area (Å²) in [4.78, 5) is 6.14. The van der Waals surface area contributed by atoms with Gasteiger partial charge in [-0.05, 0) is 31.0 Å². The number of alkyl halides is 3. The Labute approximate surface area is 149 Å². The Morgan fingerprint density at radius 3 is 2.68 bits per heavy atom. The standard InChI is InChI=1S/C16H19F3N4O.ClH/c17-16(18,19)12-6-2-1-5-11(12)13-7-3-4-8-23(13)10-14-21-15(9-20)24-22-14;/h1-2,5-6,13H,3-4,7-10,20H2;1H. The van der Waals surface area contributed by atoms with Gasteiger partial charge in [0.1, 0.15) is 0 Å². The molecule has 0 radical (unpaired) electrons. The molecule has 1 unspecified atom stereocenters. The monoisotopic (exact) mass is 376 g/mol. The van der Waals surface area contributed by atoms with E-state index in [2.05, 4.69) is 10.1 Å². The number of hydrogen-bond acceptors (Lipinski definition) is 5. The van der Waals surface area contributed by atoms with E-state index < -0.39 is 11.7 Å². The number of halogens is 4. The molecule has 0 aliphatic carbocycles. The summed E-state index contributed by atoms with van der Waals surface area (Å²) < 4.78 is 45.0. The second kappa shape index (κ2) is 8.16. The fraction of sp³-hybridized carbons (Fsp3) is 0.500. The van der Waals surface area contributed by atoms with Gasteiger partial charge in [0.25, 0.3) is 0 Å². The average molecular weight is 377 g/mol. The largest absolute Gasteiger partial charge is 0.416 e. The molecule has 2 N–H and O–H groups in total. The molecule has 3 rings (SSSR count). The molecule has 5 nitrogen and oxygen atoms in total. The van der Waals surface area contributed by atoms with E-state index in [0.717, 1.165) is 18.9 Å². The van der Waals surface area contributed by atoms with Gasteiger partial charge in [-0.3, -0.25) is 4.90 Å². The lowest BCUT2D eigenvalue weighted by molar-refractivity contribution is -0.139. The van der Waals surface area contributed by atoms with Crippen LogP contribution >= 0.6 is 12.4 Å². The van der Waals surface area contributed by atoms with Crippen molar-refractivity contribution in [2.75, 3.05) is 6.54 Å². The topological polar surface area (TPSA) is 68.2 Å². The van der Waals surface area contributed by atoms with Gasteiger partial charge >= 0.3 is 6.18 Å². The summed E-state index contributed by atoms with van der Waals surface area (Å²) >= 11 is 0. The van der Waals surface area contributed by atoms with Crippen molar-refractivity contribution in [1.82, 2.24) is 15.0 Å². The van der Waals surface area contributed by atoms with E-state index in [0.29, 0.717) is 36.8 Å². The van der Waals surface area contributed by atoms with E-state index in [9.17, 15) is 13.2 Å². The molecule has 138 valence electrons. The average Bonchev–Trinajstić information content (AvgIpc) is 3.02. The highest BCUT2D eigenvalue weighted by Gasteiger charge is 2.37.